The number of hydrogen-bond acceptors (Lipinski definition) is 4. The molecule has 0 saturated carbocycles. The van der Waals surface area contributed by atoms with Crippen molar-refractivity contribution >= 4 is 11.6 Å². The van der Waals surface area contributed by atoms with E-state index in [1.54, 1.807) is 14.0 Å². The highest BCUT2D eigenvalue weighted by Gasteiger charge is 2.24. The van der Waals surface area contributed by atoms with Gasteiger partial charge in [-0.2, -0.15) is 0 Å². The minimum Gasteiger partial charge on any atom is -0.495 e. The number of benzene rings is 1. The molecule has 1 saturated heterocycles. The number of methoxy groups -OCH3 is 1. The summed E-state index contributed by atoms with van der Waals surface area (Å²) in [5.74, 6) is 0.897. The molecule has 1 aromatic carbocycles. The van der Waals surface area contributed by atoms with E-state index in [4.69, 9.17) is 10.5 Å². The van der Waals surface area contributed by atoms with E-state index in [1.165, 1.54) is 0 Å². The molecular formula is C14H21N3O2. The van der Waals surface area contributed by atoms with Crippen LogP contribution in [0.5, 0.6) is 5.75 Å². The number of anilines is 1. The van der Waals surface area contributed by atoms with Gasteiger partial charge in [0, 0.05) is 26.2 Å². The van der Waals surface area contributed by atoms with Crippen LogP contribution < -0.4 is 15.4 Å². The third kappa shape index (κ3) is 2.98. The minimum absolute atomic E-state index is 0.0275. The second kappa shape index (κ2) is 5.93. The number of ether oxygens (including phenoxy) is 1. The molecule has 1 aromatic rings. The van der Waals surface area contributed by atoms with Gasteiger partial charge in [0.25, 0.3) is 0 Å². The molecule has 1 aliphatic heterocycles. The van der Waals surface area contributed by atoms with Gasteiger partial charge >= 0.3 is 0 Å². The third-order valence-electron chi connectivity index (χ3n) is 3.41. The van der Waals surface area contributed by atoms with Gasteiger partial charge in [0.2, 0.25) is 5.91 Å². The maximum Gasteiger partial charge on any atom is 0.239 e. The number of rotatable bonds is 3. The predicted molar refractivity (Wildman–Crippen MR) is 75.4 cm³/mol. The predicted octanol–water partition coefficient (Wildman–Crippen LogP) is 0.691. The molecule has 2 N–H and O–H groups in total. The van der Waals surface area contributed by atoms with Crippen LogP contribution in [0.25, 0.3) is 0 Å². The molecule has 104 valence electrons. The smallest absolute Gasteiger partial charge is 0.239 e. The van der Waals surface area contributed by atoms with Crippen molar-refractivity contribution in [3.05, 3.63) is 24.3 Å². The second-order valence-electron chi connectivity index (χ2n) is 4.77. The highest BCUT2D eigenvalue weighted by molar-refractivity contribution is 5.81. The summed E-state index contributed by atoms with van der Waals surface area (Å²) < 4.78 is 5.37. The molecule has 0 aromatic heterocycles. The molecule has 1 amide bonds. The summed E-state index contributed by atoms with van der Waals surface area (Å²) in [5, 5.41) is 0. The van der Waals surface area contributed by atoms with Gasteiger partial charge in [0.05, 0.1) is 18.8 Å². The molecule has 1 aliphatic rings. The van der Waals surface area contributed by atoms with Crippen LogP contribution in [-0.2, 0) is 4.79 Å². The SMILES string of the molecule is COc1ccccc1N1CCN(C(=O)[C@@H](C)N)CC1. The summed E-state index contributed by atoms with van der Waals surface area (Å²) in [6.45, 7) is 4.75. The Morgan fingerprint density at radius 1 is 1.26 bits per heavy atom. The molecule has 2 rings (SSSR count). The summed E-state index contributed by atoms with van der Waals surface area (Å²) in [5.41, 5.74) is 6.71. The Kier molecular flexibility index (Phi) is 4.27. The Morgan fingerprint density at radius 3 is 2.47 bits per heavy atom. The number of nitrogens with zero attached hydrogens (tertiary/aromatic N) is 2. The number of para-hydroxylation sites is 2. The Labute approximate surface area is 113 Å². The van der Waals surface area contributed by atoms with Crippen molar-refractivity contribution in [3.8, 4) is 5.75 Å². The Bertz CT molecular complexity index is 440. The van der Waals surface area contributed by atoms with Gasteiger partial charge in [-0.05, 0) is 19.1 Å². The van der Waals surface area contributed by atoms with Crippen LogP contribution in [0.1, 0.15) is 6.92 Å². The van der Waals surface area contributed by atoms with Crippen molar-refractivity contribution < 1.29 is 9.53 Å². The zero-order valence-corrected chi connectivity index (χ0v) is 11.5. The van der Waals surface area contributed by atoms with Crippen LogP contribution in [-0.4, -0.2) is 50.1 Å². The van der Waals surface area contributed by atoms with E-state index in [-0.39, 0.29) is 5.91 Å². The van der Waals surface area contributed by atoms with E-state index < -0.39 is 6.04 Å². The first kappa shape index (κ1) is 13.7. The van der Waals surface area contributed by atoms with Crippen molar-refractivity contribution in [2.24, 2.45) is 5.73 Å². The Hall–Kier alpha value is -1.75. The first-order chi connectivity index (χ1) is 9.13. The van der Waals surface area contributed by atoms with Gasteiger partial charge in [-0.25, -0.2) is 0 Å². The normalized spacial score (nSPS) is 17.2. The summed E-state index contributed by atoms with van der Waals surface area (Å²) >= 11 is 0. The fraction of sp³-hybridized carbons (Fsp3) is 0.500. The molecule has 5 heteroatoms. The molecule has 1 fully saturated rings. The molecule has 1 heterocycles. The first-order valence-electron chi connectivity index (χ1n) is 6.56. The van der Waals surface area contributed by atoms with Crippen molar-refractivity contribution in [1.29, 1.82) is 0 Å². The van der Waals surface area contributed by atoms with E-state index in [1.807, 2.05) is 29.2 Å². The van der Waals surface area contributed by atoms with Crippen LogP contribution >= 0.6 is 0 Å². The van der Waals surface area contributed by atoms with Gasteiger partial charge < -0.3 is 20.3 Å². The fourth-order valence-corrected chi connectivity index (χ4v) is 2.35. The first-order valence-corrected chi connectivity index (χ1v) is 6.56. The maximum atomic E-state index is 11.8. The topological polar surface area (TPSA) is 58.8 Å². The number of piperazine rings is 1. The highest BCUT2D eigenvalue weighted by atomic mass is 16.5. The Balaban J connectivity index is 2.02. The van der Waals surface area contributed by atoms with Gasteiger partial charge in [-0.15, -0.1) is 0 Å². The van der Waals surface area contributed by atoms with Crippen LogP contribution in [0.2, 0.25) is 0 Å². The fourth-order valence-electron chi connectivity index (χ4n) is 2.35. The van der Waals surface area contributed by atoms with Crippen molar-refractivity contribution in [2.45, 2.75) is 13.0 Å². The quantitative estimate of drug-likeness (QED) is 0.871. The average Bonchev–Trinajstić information content (AvgIpc) is 2.46. The maximum absolute atomic E-state index is 11.8. The summed E-state index contributed by atoms with van der Waals surface area (Å²) in [6.07, 6.45) is 0. The van der Waals surface area contributed by atoms with Crippen LogP contribution in [0, 0.1) is 0 Å². The summed E-state index contributed by atoms with van der Waals surface area (Å²) in [7, 11) is 1.68. The summed E-state index contributed by atoms with van der Waals surface area (Å²) in [6, 6.07) is 7.53. The third-order valence-corrected chi connectivity index (χ3v) is 3.41. The molecule has 0 unspecified atom stereocenters. The lowest BCUT2D eigenvalue weighted by Crippen LogP contribution is -2.52. The number of hydrogen-bond donors (Lipinski definition) is 1. The van der Waals surface area contributed by atoms with Crippen molar-refractivity contribution in [3.63, 3.8) is 0 Å². The van der Waals surface area contributed by atoms with Gasteiger partial charge in [0.15, 0.2) is 0 Å². The largest absolute Gasteiger partial charge is 0.495 e. The average molecular weight is 263 g/mol. The van der Waals surface area contributed by atoms with E-state index >= 15 is 0 Å². The van der Waals surface area contributed by atoms with Gasteiger partial charge in [-0.1, -0.05) is 12.1 Å². The monoisotopic (exact) mass is 263 g/mol. The molecule has 1 atom stereocenters. The number of carbonyl (C=O) groups is 1. The Morgan fingerprint density at radius 2 is 1.89 bits per heavy atom. The van der Waals surface area contributed by atoms with E-state index in [0.717, 1.165) is 24.5 Å². The zero-order chi connectivity index (χ0) is 13.8. The van der Waals surface area contributed by atoms with E-state index in [9.17, 15) is 4.79 Å². The molecule has 0 bridgehead atoms. The van der Waals surface area contributed by atoms with Crippen molar-refractivity contribution in [1.82, 2.24) is 4.90 Å². The van der Waals surface area contributed by atoms with E-state index in [0.29, 0.717) is 13.1 Å². The second-order valence-corrected chi connectivity index (χ2v) is 4.77. The molecule has 0 spiro atoms. The standard InChI is InChI=1S/C14H21N3O2/c1-11(15)14(18)17-9-7-16(8-10-17)12-5-3-4-6-13(12)19-2/h3-6,11H,7-10,15H2,1-2H3/t11-/m1/s1. The van der Waals surface area contributed by atoms with Gasteiger partial charge in [0.1, 0.15) is 5.75 Å². The highest BCUT2D eigenvalue weighted by Crippen LogP contribution is 2.28. The van der Waals surface area contributed by atoms with Crippen LogP contribution in [0.15, 0.2) is 24.3 Å². The lowest BCUT2D eigenvalue weighted by atomic mass is 10.2. The zero-order valence-electron chi connectivity index (χ0n) is 11.5. The van der Waals surface area contributed by atoms with Crippen LogP contribution in [0.3, 0.4) is 0 Å². The van der Waals surface area contributed by atoms with E-state index in [2.05, 4.69) is 4.90 Å². The molecular weight excluding hydrogens is 242 g/mol. The van der Waals surface area contributed by atoms with Crippen molar-refractivity contribution in [2.75, 3.05) is 38.2 Å². The summed E-state index contributed by atoms with van der Waals surface area (Å²) in [4.78, 5) is 15.9. The lowest BCUT2D eigenvalue weighted by Gasteiger charge is -2.37. The number of carbonyl (C=O) groups excluding carboxylic acids is 1. The number of nitrogens with two attached hydrogens (primary N) is 1. The molecule has 0 radical (unpaired) electrons. The van der Waals surface area contributed by atoms with Crippen LogP contribution in [0.4, 0.5) is 5.69 Å². The molecule has 5 nitrogen and oxygen atoms in total. The molecule has 0 aliphatic carbocycles. The van der Waals surface area contributed by atoms with Gasteiger partial charge in [-0.3, -0.25) is 4.79 Å². The number of amides is 1. The molecule has 19 heavy (non-hydrogen) atoms. The minimum atomic E-state index is -0.419. The lowest BCUT2D eigenvalue weighted by molar-refractivity contribution is -0.132.